The fourth-order valence-electron chi connectivity index (χ4n) is 1.10. The third kappa shape index (κ3) is 3.57. The molecule has 6 heteroatoms. The number of hydrogen-bond donors (Lipinski definition) is 1. The van der Waals surface area contributed by atoms with Gasteiger partial charge in [0, 0.05) is 0 Å². The average molecular weight is 236 g/mol. The molecule has 0 atom stereocenters. The zero-order chi connectivity index (χ0) is 12.7. The largest absolute Gasteiger partial charge is 0.480 e. The summed E-state index contributed by atoms with van der Waals surface area (Å²) in [5.41, 5.74) is 0.0260. The summed E-state index contributed by atoms with van der Waals surface area (Å²) in [6.07, 6.45) is 0.436. The van der Waals surface area contributed by atoms with Gasteiger partial charge < -0.3 is 10.1 Å². The Bertz CT molecular complexity index is 468. The number of nitriles is 1. The number of benzene rings is 1. The number of halogens is 1. The first-order valence-corrected chi connectivity index (χ1v) is 4.69. The minimum Gasteiger partial charge on any atom is -0.480 e. The van der Waals surface area contributed by atoms with E-state index in [9.17, 15) is 14.0 Å². The molecule has 17 heavy (non-hydrogen) atoms. The van der Waals surface area contributed by atoms with Crippen molar-refractivity contribution in [2.24, 2.45) is 0 Å². The molecule has 1 aromatic carbocycles. The van der Waals surface area contributed by atoms with Gasteiger partial charge in [0.15, 0.2) is 24.5 Å². The molecule has 0 bridgehead atoms. The highest BCUT2D eigenvalue weighted by Gasteiger charge is 2.11. The first-order chi connectivity index (χ1) is 8.19. The maximum atomic E-state index is 13.3. The Morgan fingerprint density at radius 1 is 1.59 bits per heavy atom. The number of amides is 1. The second kappa shape index (κ2) is 6.23. The summed E-state index contributed by atoms with van der Waals surface area (Å²) >= 11 is 0. The fourth-order valence-corrected chi connectivity index (χ4v) is 1.10. The van der Waals surface area contributed by atoms with Gasteiger partial charge in [0.05, 0.1) is 11.6 Å². The number of ether oxygens (including phenoxy) is 1. The van der Waals surface area contributed by atoms with Crippen LogP contribution in [0.3, 0.4) is 0 Å². The molecule has 88 valence electrons. The van der Waals surface area contributed by atoms with Crippen molar-refractivity contribution in [3.05, 3.63) is 29.6 Å². The van der Waals surface area contributed by atoms with Crippen molar-refractivity contribution in [2.45, 2.75) is 0 Å². The first-order valence-electron chi connectivity index (χ1n) is 4.69. The SMILES string of the molecule is N#CCNC(=O)COc1c(F)cccc1C=O. The molecule has 0 unspecified atom stereocenters. The van der Waals surface area contributed by atoms with Gasteiger partial charge in [0.1, 0.15) is 6.54 Å². The molecule has 1 rings (SSSR count). The Labute approximate surface area is 96.8 Å². The van der Waals surface area contributed by atoms with E-state index in [-0.39, 0.29) is 17.9 Å². The predicted molar refractivity (Wildman–Crippen MR) is 55.9 cm³/mol. The highest BCUT2D eigenvalue weighted by Crippen LogP contribution is 2.20. The van der Waals surface area contributed by atoms with Gasteiger partial charge in [-0.25, -0.2) is 4.39 Å². The van der Waals surface area contributed by atoms with E-state index in [4.69, 9.17) is 10.00 Å². The predicted octanol–water partition coefficient (Wildman–Crippen LogP) is 0.657. The number of rotatable bonds is 5. The second-order valence-corrected chi connectivity index (χ2v) is 3.00. The van der Waals surface area contributed by atoms with Gasteiger partial charge >= 0.3 is 0 Å². The molecule has 1 N–H and O–H groups in total. The molecule has 1 aromatic rings. The molecular formula is C11H9FN2O3. The Hall–Kier alpha value is -2.42. The second-order valence-electron chi connectivity index (χ2n) is 3.00. The van der Waals surface area contributed by atoms with Crippen molar-refractivity contribution >= 4 is 12.2 Å². The quantitative estimate of drug-likeness (QED) is 0.601. The minimum absolute atomic E-state index is 0.0260. The molecule has 0 aliphatic carbocycles. The molecule has 0 fully saturated rings. The molecular weight excluding hydrogens is 227 g/mol. The number of nitrogens with one attached hydrogen (secondary N) is 1. The lowest BCUT2D eigenvalue weighted by Crippen LogP contribution is -2.29. The molecule has 0 radical (unpaired) electrons. The summed E-state index contributed by atoms with van der Waals surface area (Å²) in [6, 6.07) is 5.57. The van der Waals surface area contributed by atoms with Crippen LogP contribution < -0.4 is 10.1 Å². The van der Waals surface area contributed by atoms with E-state index in [0.717, 1.165) is 6.07 Å². The zero-order valence-corrected chi connectivity index (χ0v) is 8.77. The third-order valence-corrected chi connectivity index (χ3v) is 1.84. The molecule has 0 saturated carbocycles. The van der Waals surface area contributed by atoms with E-state index in [2.05, 4.69) is 5.32 Å². The summed E-state index contributed by atoms with van der Waals surface area (Å²) in [6.45, 7) is -0.608. The highest BCUT2D eigenvalue weighted by atomic mass is 19.1. The van der Waals surface area contributed by atoms with Crippen LogP contribution in [0.25, 0.3) is 0 Å². The number of para-hydroxylation sites is 1. The Morgan fingerprint density at radius 3 is 3.00 bits per heavy atom. The molecule has 0 aliphatic heterocycles. The Kier molecular flexibility index (Phi) is 4.63. The van der Waals surface area contributed by atoms with Crippen LogP contribution in [0.4, 0.5) is 4.39 Å². The summed E-state index contributed by atoms with van der Waals surface area (Å²) < 4.78 is 18.2. The van der Waals surface area contributed by atoms with Crippen LogP contribution in [0.2, 0.25) is 0 Å². The lowest BCUT2D eigenvalue weighted by Gasteiger charge is -2.08. The van der Waals surface area contributed by atoms with Crippen molar-refractivity contribution in [2.75, 3.05) is 13.2 Å². The number of carbonyl (C=O) groups excluding carboxylic acids is 2. The number of hydrogen-bond acceptors (Lipinski definition) is 4. The highest BCUT2D eigenvalue weighted by molar-refractivity contribution is 5.81. The molecule has 0 saturated heterocycles. The standard InChI is InChI=1S/C11H9FN2O3/c12-9-3-1-2-8(6-15)11(9)17-7-10(16)14-5-4-13/h1-3,6H,5,7H2,(H,14,16). The number of aldehydes is 1. The van der Waals surface area contributed by atoms with E-state index in [0.29, 0.717) is 6.29 Å². The lowest BCUT2D eigenvalue weighted by molar-refractivity contribution is -0.122. The number of carbonyl (C=O) groups is 2. The van der Waals surface area contributed by atoms with E-state index < -0.39 is 18.3 Å². The Morgan fingerprint density at radius 2 is 2.35 bits per heavy atom. The van der Waals surface area contributed by atoms with Crippen molar-refractivity contribution in [1.82, 2.24) is 5.32 Å². The first kappa shape index (κ1) is 12.6. The van der Waals surface area contributed by atoms with Gasteiger partial charge in [-0.15, -0.1) is 0 Å². The van der Waals surface area contributed by atoms with Gasteiger partial charge in [-0.1, -0.05) is 6.07 Å². The summed E-state index contributed by atoms with van der Waals surface area (Å²) in [5.74, 6) is -1.55. The van der Waals surface area contributed by atoms with E-state index in [1.807, 2.05) is 0 Å². The van der Waals surface area contributed by atoms with Gasteiger partial charge in [-0.3, -0.25) is 9.59 Å². The molecule has 0 aromatic heterocycles. The molecule has 1 amide bonds. The van der Waals surface area contributed by atoms with E-state index >= 15 is 0 Å². The van der Waals surface area contributed by atoms with Crippen molar-refractivity contribution < 1.29 is 18.7 Å². The van der Waals surface area contributed by atoms with Gasteiger partial charge in [0.25, 0.3) is 5.91 Å². The average Bonchev–Trinajstić information content (AvgIpc) is 2.34. The van der Waals surface area contributed by atoms with Gasteiger partial charge in [-0.05, 0) is 12.1 Å². The van der Waals surface area contributed by atoms with Crippen LogP contribution in [0.15, 0.2) is 18.2 Å². The van der Waals surface area contributed by atoms with E-state index in [1.54, 1.807) is 6.07 Å². The molecule has 0 spiro atoms. The monoisotopic (exact) mass is 236 g/mol. The normalized spacial score (nSPS) is 9.18. The zero-order valence-electron chi connectivity index (χ0n) is 8.77. The summed E-state index contributed by atoms with van der Waals surface area (Å²) in [5, 5.41) is 10.4. The molecule has 0 aliphatic rings. The third-order valence-electron chi connectivity index (χ3n) is 1.84. The van der Waals surface area contributed by atoms with Crippen LogP contribution in [-0.2, 0) is 4.79 Å². The van der Waals surface area contributed by atoms with Crippen LogP contribution in [0, 0.1) is 17.1 Å². The van der Waals surface area contributed by atoms with Crippen LogP contribution in [0.5, 0.6) is 5.75 Å². The summed E-state index contributed by atoms with van der Waals surface area (Å²) in [4.78, 5) is 21.7. The summed E-state index contributed by atoms with van der Waals surface area (Å²) in [7, 11) is 0. The smallest absolute Gasteiger partial charge is 0.258 e. The van der Waals surface area contributed by atoms with Crippen LogP contribution >= 0.6 is 0 Å². The number of nitrogens with zero attached hydrogens (tertiary/aromatic N) is 1. The maximum Gasteiger partial charge on any atom is 0.258 e. The van der Waals surface area contributed by atoms with Crippen molar-refractivity contribution in [3.63, 3.8) is 0 Å². The topological polar surface area (TPSA) is 79.2 Å². The van der Waals surface area contributed by atoms with Gasteiger partial charge in [0.2, 0.25) is 0 Å². The van der Waals surface area contributed by atoms with Crippen LogP contribution in [0.1, 0.15) is 10.4 Å². The minimum atomic E-state index is -0.720. The Balaban J connectivity index is 2.66. The van der Waals surface area contributed by atoms with Crippen LogP contribution in [-0.4, -0.2) is 25.3 Å². The molecule has 0 heterocycles. The lowest BCUT2D eigenvalue weighted by atomic mass is 10.2. The molecule has 5 nitrogen and oxygen atoms in total. The van der Waals surface area contributed by atoms with Gasteiger partial charge in [-0.2, -0.15) is 5.26 Å². The maximum absolute atomic E-state index is 13.3. The van der Waals surface area contributed by atoms with Crippen molar-refractivity contribution in [1.29, 1.82) is 5.26 Å². The van der Waals surface area contributed by atoms with Crippen molar-refractivity contribution in [3.8, 4) is 11.8 Å². The fraction of sp³-hybridized carbons (Fsp3) is 0.182. The van der Waals surface area contributed by atoms with E-state index in [1.165, 1.54) is 12.1 Å².